The molecule has 1 aliphatic carbocycles. The molecule has 0 fully saturated rings. The Kier molecular flexibility index (Phi) is 4.53. The Hall–Kier alpha value is -2.93. The maximum Gasteiger partial charge on any atom is 0.290 e. The Morgan fingerprint density at radius 1 is 1.26 bits per heavy atom. The molecule has 7 heteroatoms. The van der Waals surface area contributed by atoms with Crippen molar-refractivity contribution in [3.05, 3.63) is 63.3 Å². The lowest BCUT2D eigenvalue weighted by Crippen LogP contribution is -2.34. The molecule has 0 radical (unpaired) electrons. The third kappa shape index (κ3) is 3.38. The van der Waals surface area contributed by atoms with E-state index in [1.807, 2.05) is 29.6 Å². The molecular formula is C20H20N4O2S. The summed E-state index contributed by atoms with van der Waals surface area (Å²) >= 11 is 1.50. The fourth-order valence-electron chi connectivity index (χ4n) is 3.35. The van der Waals surface area contributed by atoms with Crippen molar-refractivity contribution in [3.63, 3.8) is 0 Å². The quantitative estimate of drug-likeness (QED) is 0.727. The lowest BCUT2D eigenvalue weighted by atomic mass is 10.1. The smallest absolute Gasteiger partial charge is 0.290 e. The predicted molar refractivity (Wildman–Crippen MR) is 108 cm³/mol. The van der Waals surface area contributed by atoms with Crippen LogP contribution in [-0.2, 0) is 17.6 Å². The summed E-state index contributed by atoms with van der Waals surface area (Å²) in [4.78, 5) is 26.1. The number of amides is 1. The number of carbonyl (C=O) groups excluding carboxylic acids is 1. The highest BCUT2D eigenvalue weighted by atomic mass is 32.1. The van der Waals surface area contributed by atoms with E-state index in [0.717, 1.165) is 34.5 Å². The van der Waals surface area contributed by atoms with E-state index < -0.39 is 11.6 Å². The van der Waals surface area contributed by atoms with Gasteiger partial charge in [-0.2, -0.15) is 5.10 Å². The molecule has 1 amide bonds. The Labute approximate surface area is 160 Å². The van der Waals surface area contributed by atoms with Gasteiger partial charge in [-0.1, -0.05) is 12.1 Å². The van der Waals surface area contributed by atoms with Crippen LogP contribution >= 0.6 is 11.3 Å². The molecule has 27 heavy (non-hydrogen) atoms. The molecular weight excluding hydrogens is 360 g/mol. The summed E-state index contributed by atoms with van der Waals surface area (Å²) in [6, 6.07) is 10.5. The van der Waals surface area contributed by atoms with Crippen LogP contribution in [0.4, 0.5) is 11.4 Å². The Balaban J connectivity index is 1.61. The van der Waals surface area contributed by atoms with E-state index in [1.54, 1.807) is 13.0 Å². The van der Waals surface area contributed by atoms with Crippen molar-refractivity contribution >= 4 is 28.6 Å². The van der Waals surface area contributed by atoms with Crippen molar-refractivity contribution in [2.75, 3.05) is 11.1 Å². The van der Waals surface area contributed by atoms with Crippen LogP contribution in [0.25, 0.3) is 10.6 Å². The number of nitrogens with one attached hydrogen (secondary N) is 1. The molecule has 1 aliphatic rings. The normalized spacial score (nSPS) is 14.0. The molecule has 4 rings (SSSR count). The standard InChI is InChI=1S/C20H20N4O2S/c1-12(19(25)22-15-8-7-13-4-2-5-14(13)10-15)24-20(26)16(21)11-17(23-24)18-6-3-9-27-18/h3,6-12H,2,4-5,21H2,1H3,(H,22,25). The minimum Gasteiger partial charge on any atom is -0.394 e. The third-order valence-corrected chi connectivity index (χ3v) is 5.74. The van der Waals surface area contributed by atoms with Crippen molar-refractivity contribution < 1.29 is 4.79 Å². The van der Waals surface area contributed by atoms with Gasteiger partial charge >= 0.3 is 0 Å². The van der Waals surface area contributed by atoms with Crippen molar-refractivity contribution in [2.24, 2.45) is 0 Å². The number of hydrogen-bond acceptors (Lipinski definition) is 5. The second-order valence-electron chi connectivity index (χ2n) is 6.71. The average Bonchev–Trinajstić information content (AvgIpc) is 3.34. The van der Waals surface area contributed by atoms with Crippen LogP contribution in [0.1, 0.15) is 30.5 Å². The average molecular weight is 380 g/mol. The second-order valence-corrected chi connectivity index (χ2v) is 7.66. The molecule has 0 spiro atoms. The molecule has 0 bridgehead atoms. The number of nitrogens with zero attached hydrogens (tertiary/aromatic N) is 2. The van der Waals surface area contributed by atoms with E-state index in [-0.39, 0.29) is 11.6 Å². The van der Waals surface area contributed by atoms with Crippen molar-refractivity contribution in [1.82, 2.24) is 9.78 Å². The maximum absolute atomic E-state index is 12.7. The molecule has 0 aliphatic heterocycles. The predicted octanol–water partition coefficient (Wildman–Crippen LogP) is 3.24. The van der Waals surface area contributed by atoms with Gasteiger partial charge in [0.05, 0.1) is 4.88 Å². The molecule has 3 aromatic rings. The van der Waals surface area contributed by atoms with Gasteiger partial charge in [-0.05, 0) is 67.0 Å². The van der Waals surface area contributed by atoms with Gasteiger partial charge in [-0.3, -0.25) is 9.59 Å². The highest BCUT2D eigenvalue weighted by Gasteiger charge is 2.21. The zero-order valence-electron chi connectivity index (χ0n) is 14.9. The summed E-state index contributed by atoms with van der Waals surface area (Å²) < 4.78 is 1.16. The first-order valence-corrected chi connectivity index (χ1v) is 9.77. The van der Waals surface area contributed by atoms with E-state index in [0.29, 0.717) is 5.69 Å². The fraction of sp³-hybridized carbons (Fsp3) is 0.250. The Bertz CT molecular complexity index is 1060. The van der Waals surface area contributed by atoms with Crippen LogP contribution in [0.3, 0.4) is 0 Å². The van der Waals surface area contributed by atoms with Gasteiger partial charge in [0.2, 0.25) is 5.91 Å². The van der Waals surface area contributed by atoms with E-state index >= 15 is 0 Å². The Morgan fingerprint density at radius 3 is 2.85 bits per heavy atom. The molecule has 3 N–H and O–H groups in total. The van der Waals surface area contributed by atoms with E-state index in [1.165, 1.54) is 22.5 Å². The van der Waals surface area contributed by atoms with E-state index in [9.17, 15) is 9.59 Å². The summed E-state index contributed by atoms with van der Waals surface area (Å²) in [6.45, 7) is 1.65. The largest absolute Gasteiger partial charge is 0.394 e. The van der Waals surface area contributed by atoms with Crippen molar-refractivity contribution in [1.29, 1.82) is 0 Å². The first-order chi connectivity index (χ1) is 13.0. The van der Waals surface area contributed by atoms with Crippen LogP contribution in [0, 0.1) is 0 Å². The molecule has 2 aromatic heterocycles. The molecule has 138 valence electrons. The number of fused-ring (bicyclic) bond motifs is 1. The first-order valence-electron chi connectivity index (χ1n) is 8.89. The summed E-state index contributed by atoms with van der Waals surface area (Å²) in [6.07, 6.45) is 3.28. The highest BCUT2D eigenvalue weighted by Crippen LogP contribution is 2.26. The van der Waals surface area contributed by atoms with E-state index in [4.69, 9.17) is 5.73 Å². The lowest BCUT2D eigenvalue weighted by Gasteiger charge is -2.16. The number of nitrogen functional groups attached to an aromatic ring is 1. The first kappa shape index (κ1) is 17.5. The monoisotopic (exact) mass is 380 g/mol. The van der Waals surface area contributed by atoms with Crippen LogP contribution in [0.5, 0.6) is 0 Å². The minimum atomic E-state index is -0.784. The minimum absolute atomic E-state index is 0.0746. The number of rotatable bonds is 4. The molecule has 6 nitrogen and oxygen atoms in total. The lowest BCUT2D eigenvalue weighted by molar-refractivity contribution is -0.119. The summed E-state index contributed by atoms with van der Waals surface area (Å²) in [5, 5.41) is 9.19. The SMILES string of the molecule is CC(C(=O)Nc1ccc2c(c1)CCC2)n1nc(-c2cccs2)cc(N)c1=O. The summed E-state index contributed by atoms with van der Waals surface area (Å²) in [7, 11) is 0. The van der Waals surface area contributed by atoms with E-state index in [2.05, 4.69) is 16.5 Å². The third-order valence-electron chi connectivity index (χ3n) is 4.85. The van der Waals surface area contributed by atoms with Gasteiger partial charge in [0.1, 0.15) is 17.4 Å². The zero-order valence-corrected chi connectivity index (χ0v) is 15.8. The molecule has 1 unspecified atom stereocenters. The molecule has 1 aromatic carbocycles. The van der Waals surface area contributed by atoms with Gasteiger partial charge in [0.15, 0.2) is 0 Å². The number of carbonyl (C=O) groups is 1. The van der Waals surface area contributed by atoms with Crippen molar-refractivity contribution in [2.45, 2.75) is 32.2 Å². The van der Waals surface area contributed by atoms with Crippen LogP contribution < -0.4 is 16.6 Å². The topological polar surface area (TPSA) is 90.0 Å². The van der Waals surface area contributed by atoms with Crippen molar-refractivity contribution in [3.8, 4) is 10.6 Å². The number of aromatic nitrogens is 2. The second kappa shape index (κ2) is 7.00. The fourth-order valence-corrected chi connectivity index (χ4v) is 4.03. The van der Waals surface area contributed by atoms with Crippen LogP contribution in [-0.4, -0.2) is 15.7 Å². The van der Waals surface area contributed by atoms with Gasteiger partial charge < -0.3 is 11.1 Å². The van der Waals surface area contributed by atoms with Gasteiger partial charge in [-0.25, -0.2) is 4.68 Å². The Morgan fingerprint density at radius 2 is 2.07 bits per heavy atom. The molecule has 0 saturated carbocycles. The highest BCUT2D eigenvalue weighted by molar-refractivity contribution is 7.13. The molecule has 2 heterocycles. The zero-order chi connectivity index (χ0) is 19.0. The number of hydrogen-bond donors (Lipinski definition) is 2. The number of aryl methyl sites for hydroxylation is 2. The molecule has 1 atom stereocenters. The number of nitrogens with two attached hydrogens (primary N) is 1. The summed E-state index contributed by atoms with van der Waals surface area (Å²) in [5.41, 5.74) is 9.43. The van der Waals surface area contributed by atoms with Gasteiger partial charge in [0.25, 0.3) is 5.56 Å². The molecule has 0 saturated heterocycles. The van der Waals surface area contributed by atoms with Crippen LogP contribution in [0.15, 0.2) is 46.6 Å². The number of anilines is 2. The number of thiophene rings is 1. The van der Waals surface area contributed by atoms with Gasteiger partial charge in [-0.15, -0.1) is 11.3 Å². The van der Waals surface area contributed by atoms with Crippen LogP contribution in [0.2, 0.25) is 0 Å². The number of benzene rings is 1. The van der Waals surface area contributed by atoms with Gasteiger partial charge in [0, 0.05) is 5.69 Å². The maximum atomic E-state index is 12.7. The summed E-state index contributed by atoms with van der Waals surface area (Å²) in [5.74, 6) is -0.301.